The molecule has 1 aromatic heterocycles. The van der Waals surface area contributed by atoms with Gasteiger partial charge in [-0.3, -0.25) is 0 Å². The molecule has 0 aliphatic heterocycles. The first-order chi connectivity index (χ1) is 3.84. The van der Waals surface area contributed by atoms with Gasteiger partial charge in [0.15, 0.2) is 11.6 Å². The zero-order valence-corrected chi connectivity index (χ0v) is 5.09. The first kappa shape index (κ1) is 5.56. The Morgan fingerprint density at radius 2 is 2.62 bits per heavy atom. The molecule has 1 aromatic rings. The minimum atomic E-state index is -0.405. The topological polar surface area (TPSA) is 9.23 Å². The lowest BCUT2D eigenvalue weighted by Crippen LogP contribution is -1.80. The van der Waals surface area contributed by atoms with Crippen LogP contribution in [0.3, 0.4) is 0 Å². The number of rotatable bonds is 1. The van der Waals surface area contributed by atoms with Crippen LogP contribution in [0.15, 0.2) is 5.38 Å². The van der Waals surface area contributed by atoms with Crippen molar-refractivity contribution in [3.63, 3.8) is 0 Å². The van der Waals surface area contributed by atoms with Crippen molar-refractivity contribution in [3.05, 3.63) is 16.6 Å². The first-order valence-electron chi connectivity index (χ1n) is 2.03. The zero-order valence-electron chi connectivity index (χ0n) is 4.27. The fraction of sp³-hybridized carbons (Fsp3) is 0.200. The molecular weight excluding hydrogens is 127 g/mol. The van der Waals surface area contributed by atoms with E-state index in [1.54, 1.807) is 5.38 Å². The van der Waals surface area contributed by atoms with Gasteiger partial charge in [0.25, 0.3) is 0 Å². The van der Waals surface area contributed by atoms with Crippen molar-refractivity contribution in [1.29, 1.82) is 0 Å². The lowest BCUT2D eigenvalue weighted by molar-refractivity contribution is 0.389. The van der Waals surface area contributed by atoms with Crippen LogP contribution < -0.4 is 4.74 Å². The van der Waals surface area contributed by atoms with E-state index in [4.69, 9.17) is 0 Å². The van der Waals surface area contributed by atoms with Crippen molar-refractivity contribution in [1.82, 2.24) is 0 Å². The molecule has 0 N–H and O–H groups in total. The summed E-state index contributed by atoms with van der Waals surface area (Å²) in [6.07, 6.45) is 0. The molecule has 0 aromatic carbocycles. The van der Waals surface area contributed by atoms with Gasteiger partial charge in [-0.15, -0.1) is 11.3 Å². The SMILES string of the molecule is COc1cs[c]c1F. The van der Waals surface area contributed by atoms with Crippen LogP contribution in [-0.4, -0.2) is 7.11 Å². The molecule has 0 saturated carbocycles. The van der Waals surface area contributed by atoms with E-state index in [0.717, 1.165) is 0 Å². The fourth-order valence-electron chi connectivity index (χ4n) is 0.374. The summed E-state index contributed by atoms with van der Waals surface area (Å²) in [5.74, 6) is -0.132. The molecule has 0 spiro atoms. The summed E-state index contributed by atoms with van der Waals surface area (Å²) >= 11 is 1.17. The van der Waals surface area contributed by atoms with Crippen LogP contribution in [0.2, 0.25) is 0 Å². The monoisotopic (exact) mass is 131 g/mol. The molecule has 8 heavy (non-hydrogen) atoms. The van der Waals surface area contributed by atoms with Crippen molar-refractivity contribution in [2.24, 2.45) is 0 Å². The summed E-state index contributed by atoms with van der Waals surface area (Å²) in [6.45, 7) is 0. The maximum absolute atomic E-state index is 12.2. The van der Waals surface area contributed by atoms with Crippen molar-refractivity contribution < 1.29 is 9.13 Å². The summed E-state index contributed by atoms with van der Waals surface area (Å²) < 4.78 is 16.8. The van der Waals surface area contributed by atoms with Crippen molar-refractivity contribution in [2.75, 3.05) is 7.11 Å². The van der Waals surface area contributed by atoms with Gasteiger partial charge in [0.1, 0.15) is 0 Å². The third kappa shape index (κ3) is 0.816. The van der Waals surface area contributed by atoms with Gasteiger partial charge >= 0.3 is 0 Å². The van der Waals surface area contributed by atoms with Crippen molar-refractivity contribution >= 4 is 11.3 Å². The van der Waals surface area contributed by atoms with Crippen LogP contribution >= 0.6 is 11.3 Å². The highest BCUT2D eigenvalue weighted by atomic mass is 32.1. The van der Waals surface area contributed by atoms with Crippen LogP contribution in [0.5, 0.6) is 5.75 Å². The van der Waals surface area contributed by atoms with E-state index in [1.807, 2.05) is 0 Å². The fourth-order valence-corrected chi connectivity index (χ4v) is 0.944. The summed E-state index contributed by atoms with van der Waals surface area (Å²) in [5.41, 5.74) is 0. The maximum atomic E-state index is 12.2. The molecule has 0 unspecified atom stereocenters. The predicted molar refractivity (Wildman–Crippen MR) is 29.7 cm³/mol. The normalized spacial score (nSPS) is 9.25. The Morgan fingerprint density at radius 3 is 2.88 bits per heavy atom. The third-order valence-corrected chi connectivity index (χ3v) is 1.38. The molecular formula is C5H4FOS. The van der Waals surface area contributed by atoms with Crippen LogP contribution in [0.25, 0.3) is 0 Å². The van der Waals surface area contributed by atoms with Gasteiger partial charge in [0.2, 0.25) is 0 Å². The van der Waals surface area contributed by atoms with Crippen molar-refractivity contribution in [2.45, 2.75) is 0 Å². The second-order valence-electron chi connectivity index (χ2n) is 1.22. The van der Waals surface area contributed by atoms with Crippen LogP contribution in [-0.2, 0) is 0 Å². The molecule has 0 aliphatic rings. The minimum Gasteiger partial charge on any atom is -0.493 e. The molecule has 3 heteroatoms. The molecule has 0 amide bonds. The Hall–Kier alpha value is -0.570. The number of ether oxygens (including phenoxy) is 1. The summed E-state index contributed by atoms with van der Waals surface area (Å²) in [7, 11) is 1.43. The zero-order chi connectivity index (χ0) is 5.98. The Labute approximate surface area is 50.7 Å². The first-order valence-corrected chi connectivity index (χ1v) is 2.91. The highest BCUT2D eigenvalue weighted by Crippen LogP contribution is 2.19. The Morgan fingerprint density at radius 1 is 1.88 bits per heavy atom. The molecule has 43 valence electrons. The number of hydrogen-bond donors (Lipinski definition) is 0. The van der Waals surface area contributed by atoms with E-state index in [0.29, 0.717) is 0 Å². The Kier molecular flexibility index (Phi) is 1.48. The molecule has 1 nitrogen and oxygen atoms in total. The van der Waals surface area contributed by atoms with Gasteiger partial charge in [0.05, 0.1) is 12.5 Å². The molecule has 1 radical (unpaired) electrons. The second kappa shape index (κ2) is 2.13. The molecule has 0 aliphatic carbocycles. The van der Waals surface area contributed by atoms with Crippen LogP contribution in [0, 0.1) is 11.2 Å². The molecule has 1 rings (SSSR count). The van der Waals surface area contributed by atoms with Gasteiger partial charge in [0, 0.05) is 5.38 Å². The predicted octanol–water partition coefficient (Wildman–Crippen LogP) is 1.70. The Balaban J connectivity index is 2.92. The summed E-state index contributed by atoms with van der Waals surface area (Å²) in [5, 5.41) is 3.93. The molecule has 0 fully saturated rings. The smallest absolute Gasteiger partial charge is 0.184 e. The van der Waals surface area contributed by atoms with E-state index in [9.17, 15) is 4.39 Å². The molecule has 0 saturated heterocycles. The lowest BCUT2D eigenvalue weighted by Gasteiger charge is -1.89. The lowest BCUT2D eigenvalue weighted by atomic mass is 10.6. The largest absolute Gasteiger partial charge is 0.493 e. The number of hydrogen-bond acceptors (Lipinski definition) is 2. The summed E-state index contributed by atoms with van der Waals surface area (Å²) in [4.78, 5) is 0. The standard InChI is InChI=1S/C5H4FOS/c1-7-5-3-8-2-4(5)6/h3H,1H3. The summed E-state index contributed by atoms with van der Waals surface area (Å²) in [6, 6.07) is 0. The molecule has 0 atom stereocenters. The maximum Gasteiger partial charge on any atom is 0.184 e. The molecule has 1 heterocycles. The Bertz CT molecular complexity index is 173. The van der Waals surface area contributed by atoms with Crippen LogP contribution in [0.4, 0.5) is 4.39 Å². The van der Waals surface area contributed by atoms with Gasteiger partial charge in [-0.05, 0) is 0 Å². The van der Waals surface area contributed by atoms with Gasteiger partial charge in [-0.2, -0.15) is 0 Å². The second-order valence-corrected chi connectivity index (χ2v) is 1.90. The number of thiophene rings is 1. The third-order valence-electron chi connectivity index (χ3n) is 0.751. The average Bonchev–Trinajstić information content (AvgIpc) is 2.14. The average molecular weight is 131 g/mol. The van der Waals surface area contributed by atoms with Gasteiger partial charge in [-0.25, -0.2) is 4.39 Å². The van der Waals surface area contributed by atoms with E-state index in [-0.39, 0.29) is 5.75 Å². The van der Waals surface area contributed by atoms with Gasteiger partial charge in [-0.1, -0.05) is 0 Å². The highest BCUT2D eigenvalue weighted by molar-refractivity contribution is 7.07. The van der Waals surface area contributed by atoms with Crippen LogP contribution in [0.1, 0.15) is 0 Å². The molecule has 0 bridgehead atoms. The van der Waals surface area contributed by atoms with Crippen molar-refractivity contribution in [3.8, 4) is 5.75 Å². The number of halogens is 1. The van der Waals surface area contributed by atoms with E-state index in [1.165, 1.54) is 18.4 Å². The number of methoxy groups -OCH3 is 1. The van der Waals surface area contributed by atoms with E-state index in [2.05, 4.69) is 10.1 Å². The van der Waals surface area contributed by atoms with Gasteiger partial charge < -0.3 is 4.74 Å². The highest BCUT2D eigenvalue weighted by Gasteiger charge is 1.99. The van der Waals surface area contributed by atoms with E-state index >= 15 is 0 Å². The minimum absolute atomic E-state index is 0.273. The van der Waals surface area contributed by atoms with E-state index < -0.39 is 5.82 Å². The quantitative estimate of drug-likeness (QED) is 0.563.